The molecule has 1 aromatic rings. The van der Waals surface area contributed by atoms with E-state index < -0.39 is 0 Å². The zero-order chi connectivity index (χ0) is 19.5. The first kappa shape index (κ1) is 22.4. The van der Waals surface area contributed by atoms with E-state index in [1.54, 1.807) is 0 Å². The van der Waals surface area contributed by atoms with Crippen molar-refractivity contribution in [2.45, 2.75) is 70.4 Å². The number of benzene rings is 1. The Hall–Kier alpha value is -1.31. The van der Waals surface area contributed by atoms with E-state index in [1.807, 2.05) is 0 Å². The predicted octanol–water partition coefficient (Wildman–Crippen LogP) is 3.82. The maximum atomic E-state index is 12.7. The molecule has 4 rings (SSSR count). The molecule has 0 aromatic heterocycles. The van der Waals surface area contributed by atoms with Crippen molar-refractivity contribution < 1.29 is 4.79 Å². The van der Waals surface area contributed by atoms with E-state index in [1.165, 1.54) is 24.0 Å². The van der Waals surface area contributed by atoms with Crippen LogP contribution in [0.25, 0.3) is 0 Å². The molecular formula is C23H35IN4O. The second kappa shape index (κ2) is 10.1. The summed E-state index contributed by atoms with van der Waals surface area (Å²) in [7, 11) is 0. The molecule has 160 valence electrons. The van der Waals surface area contributed by atoms with Crippen molar-refractivity contribution in [1.29, 1.82) is 0 Å². The van der Waals surface area contributed by atoms with Crippen LogP contribution in [0.5, 0.6) is 0 Å². The van der Waals surface area contributed by atoms with Gasteiger partial charge in [0.2, 0.25) is 5.91 Å². The fourth-order valence-corrected chi connectivity index (χ4v) is 4.87. The van der Waals surface area contributed by atoms with Crippen molar-refractivity contribution in [3.8, 4) is 0 Å². The van der Waals surface area contributed by atoms with Crippen LogP contribution in [-0.4, -0.2) is 48.5 Å². The second-order valence-corrected chi connectivity index (χ2v) is 8.67. The van der Waals surface area contributed by atoms with Gasteiger partial charge in [-0.2, -0.15) is 0 Å². The maximum absolute atomic E-state index is 12.7. The topological polar surface area (TPSA) is 56.7 Å². The van der Waals surface area contributed by atoms with Gasteiger partial charge in [0.25, 0.3) is 0 Å². The SMILES string of the molecule is CCN=C(NC1CCN(C(=O)C2CCCC2)C1)NC1CC1c1ccccc1C.I. The van der Waals surface area contributed by atoms with Gasteiger partial charge >= 0.3 is 0 Å². The number of carbonyl (C=O) groups excluding carboxylic acids is 1. The minimum atomic E-state index is 0. The molecule has 1 aliphatic heterocycles. The van der Waals surface area contributed by atoms with Gasteiger partial charge in [0.15, 0.2) is 5.96 Å². The summed E-state index contributed by atoms with van der Waals surface area (Å²) in [4.78, 5) is 19.4. The molecule has 5 nitrogen and oxygen atoms in total. The number of hydrogen-bond acceptors (Lipinski definition) is 2. The van der Waals surface area contributed by atoms with Crippen molar-refractivity contribution >= 4 is 35.8 Å². The van der Waals surface area contributed by atoms with Crippen LogP contribution in [0.4, 0.5) is 0 Å². The molecule has 3 unspecified atom stereocenters. The molecule has 0 spiro atoms. The van der Waals surface area contributed by atoms with Gasteiger partial charge in [0.1, 0.15) is 0 Å². The van der Waals surface area contributed by atoms with Crippen molar-refractivity contribution in [3.63, 3.8) is 0 Å². The summed E-state index contributed by atoms with van der Waals surface area (Å²) in [5, 5.41) is 7.22. The third-order valence-corrected chi connectivity index (χ3v) is 6.56. The highest BCUT2D eigenvalue weighted by Gasteiger charge is 2.40. The van der Waals surface area contributed by atoms with E-state index in [0.717, 1.165) is 51.3 Å². The Bertz CT molecular complexity index is 731. The number of aliphatic imine (C=N–C) groups is 1. The number of rotatable bonds is 5. The minimum absolute atomic E-state index is 0. The van der Waals surface area contributed by atoms with E-state index in [4.69, 9.17) is 0 Å². The number of guanidine groups is 1. The number of nitrogens with zero attached hydrogens (tertiary/aromatic N) is 2. The Balaban J connectivity index is 0.00000240. The zero-order valence-corrected chi connectivity index (χ0v) is 20.0. The quantitative estimate of drug-likeness (QED) is 0.360. The molecule has 3 atom stereocenters. The first-order chi connectivity index (χ1) is 13.7. The van der Waals surface area contributed by atoms with Crippen molar-refractivity contribution in [1.82, 2.24) is 15.5 Å². The molecule has 0 radical (unpaired) electrons. The normalized spacial score (nSPS) is 26.9. The molecule has 2 aliphatic carbocycles. The second-order valence-electron chi connectivity index (χ2n) is 8.67. The summed E-state index contributed by atoms with van der Waals surface area (Å²) in [6.07, 6.45) is 6.76. The third-order valence-electron chi connectivity index (χ3n) is 6.56. The Morgan fingerprint density at radius 1 is 1.17 bits per heavy atom. The number of halogens is 1. The first-order valence-electron chi connectivity index (χ1n) is 11.1. The highest BCUT2D eigenvalue weighted by Crippen LogP contribution is 2.42. The molecule has 3 aliphatic rings. The molecule has 1 amide bonds. The van der Waals surface area contributed by atoms with Crippen LogP contribution >= 0.6 is 24.0 Å². The Labute approximate surface area is 192 Å². The van der Waals surface area contributed by atoms with Gasteiger partial charge in [-0.3, -0.25) is 9.79 Å². The van der Waals surface area contributed by atoms with Crippen LogP contribution in [0.1, 0.15) is 62.5 Å². The van der Waals surface area contributed by atoms with Gasteiger partial charge in [-0.15, -0.1) is 24.0 Å². The Kier molecular flexibility index (Phi) is 7.82. The lowest BCUT2D eigenvalue weighted by atomic mass is 10.0. The number of aryl methyl sites for hydroxylation is 1. The van der Waals surface area contributed by atoms with Gasteiger partial charge in [0, 0.05) is 43.6 Å². The van der Waals surface area contributed by atoms with Crippen LogP contribution < -0.4 is 10.6 Å². The number of likely N-dealkylation sites (tertiary alicyclic amines) is 1. The first-order valence-corrected chi connectivity index (χ1v) is 11.1. The minimum Gasteiger partial charge on any atom is -0.353 e. The fourth-order valence-electron chi connectivity index (χ4n) is 4.87. The third kappa shape index (κ3) is 5.44. The van der Waals surface area contributed by atoms with E-state index in [0.29, 0.717) is 23.9 Å². The molecule has 1 heterocycles. The summed E-state index contributed by atoms with van der Waals surface area (Å²) < 4.78 is 0. The number of carbonyl (C=O) groups is 1. The van der Waals surface area contributed by atoms with Gasteiger partial charge in [-0.1, -0.05) is 37.1 Å². The molecule has 2 saturated carbocycles. The lowest BCUT2D eigenvalue weighted by Crippen LogP contribution is -2.46. The number of nitrogens with one attached hydrogen (secondary N) is 2. The number of hydrogen-bond donors (Lipinski definition) is 2. The van der Waals surface area contributed by atoms with Crippen molar-refractivity contribution in [2.24, 2.45) is 10.9 Å². The summed E-state index contributed by atoms with van der Waals surface area (Å²) in [5.41, 5.74) is 2.82. The maximum Gasteiger partial charge on any atom is 0.225 e. The summed E-state index contributed by atoms with van der Waals surface area (Å²) in [5.74, 6) is 2.14. The lowest BCUT2D eigenvalue weighted by Gasteiger charge is -2.21. The van der Waals surface area contributed by atoms with E-state index in [9.17, 15) is 4.79 Å². The van der Waals surface area contributed by atoms with Crippen LogP contribution in [0.15, 0.2) is 29.3 Å². The molecule has 1 saturated heterocycles. The molecule has 0 bridgehead atoms. The highest BCUT2D eigenvalue weighted by molar-refractivity contribution is 14.0. The van der Waals surface area contributed by atoms with Crippen LogP contribution in [-0.2, 0) is 4.79 Å². The van der Waals surface area contributed by atoms with Crippen molar-refractivity contribution in [3.05, 3.63) is 35.4 Å². The van der Waals surface area contributed by atoms with E-state index in [2.05, 4.69) is 58.6 Å². The van der Waals surface area contributed by atoms with Crippen LogP contribution in [0.2, 0.25) is 0 Å². The predicted molar refractivity (Wildman–Crippen MR) is 129 cm³/mol. The van der Waals surface area contributed by atoms with Crippen LogP contribution in [0, 0.1) is 12.8 Å². The summed E-state index contributed by atoms with van der Waals surface area (Å²) in [6.45, 7) is 6.71. The number of amides is 1. The lowest BCUT2D eigenvalue weighted by molar-refractivity contribution is -0.134. The van der Waals surface area contributed by atoms with Gasteiger partial charge < -0.3 is 15.5 Å². The molecule has 2 N–H and O–H groups in total. The standard InChI is InChI=1S/C23H34N4O.HI/c1-3-24-23(26-21-14-20(21)19-11-7-4-8-16(19)2)25-18-12-13-27(15-18)22(28)17-9-5-6-10-17;/h4,7-8,11,17-18,20-21H,3,5-6,9-10,12-15H2,1-2H3,(H2,24,25,26);1H. The molecular weight excluding hydrogens is 475 g/mol. The Morgan fingerprint density at radius 3 is 2.66 bits per heavy atom. The monoisotopic (exact) mass is 510 g/mol. The average molecular weight is 510 g/mol. The molecule has 29 heavy (non-hydrogen) atoms. The zero-order valence-electron chi connectivity index (χ0n) is 17.7. The fraction of sp³-hybridized carbons (Fsp3) is 0.652. The average Bonchev–Trinajstić information content (AvgIpc) is 3.10. The van der Waals surface area contributed by atoms with E-state index in [-0.39, 0.29) is 29.9 Å². The Morgan fingerprint density at radius 2 is 1.93 bits per heavy atom. The molecule has 6 heteroatoms. The summed E-state index contributed by atoms with van der Waals surface area (Å²) in [6, 6.07) is 9.43. The highest BCUT2D eigenvalue weighted by atomic mass is 127. The van der Waals surface area contributed by atoms with Gasteiger partial charge in [0.05, 0.1) is 0 Å². The van der Waals surface area contributed by atoms with E-state index >= 15 is 0 Å². The molecule has 3 fully saturated rings. The van der Waals surface area contributed by atoms with Gasteiger partial charge in [-0.05, 0) is 50.7 Å². The largest absolute Gasteiger partial charge is 0.353 e. The molecule has 1 aromatic carbocycles. The van der Waals surface area contributed by atoms with Crippen LogP contribution in [0.3, 0.4) is 0 Å². The van der Waals surface area contributed by atoms with Gasteiger partial charge in [-0.25, -0.2) is 0 Å². The van der Waals surface area contributed by atoms with Crippen molar-refractivity contribution in [2.75, 3.05) is 19.6 Å². The summed E-state index contributed by atoms with van der Waals surface area (Å²) >= 11 is 0. The smallest absolute Gasteiger partial charge is 0.225 e.